The summed E-state index contributed by atoms with van der Waals surface area (Å²) in [6.07, 6.45) is 1.43. The van der Waals surface area contributed by atoms with Crippen LogP contribution in [0.15, 0.2) is 36.4 Å². The van der Waals surface area contributed by atoms with Crippen molar-refractivity contribution < 1.29 is 14.2 Å². The number of aliphatic hydroxyl groups is 1. The molecule has 1 unspecified atom stereocenters. The summed E-state index contributed by atoms with van der Waals surface area (Å²) >= 11 is 0. The molecule has 2 nitrogen and oxygen atoms in total. The molecule has 0 bridgehead atoms. The fourth-order valence-corrected chi connectivity index (χ4v) is 3.11. The van der Waals surface area contributed by atoms with Crippen molar-refractivity contribution in [2.45, 2.75) is 25.4 Å². The standard InChI is InChI=1S/C17H17FO2/c1-11-9-13(18)4-6-15(11)17(19)8-7-12-3-5-14(20-2)10-16(12)17/h3-6,9-10,19H,7-8H2,1-2H3. The topological polar surface area (TPSA) is 29.5 Å². The molecule has 0 aliphatic heterocycles. The first-order chi connectivity index (χ1) is 9.54. The Kier molecular flexibility index (Phi) is 3.02. The molecular weight excluding hydrogens is 255 g/mol. The molecule has 1 atom stereocenters. The van der Waals surface area contributed by atoms with Crippen molar-refractivity contribution in [1.29, 1.82) is 0 Å². The second-order valence-electron chi connectivity index (χ2n) is 5.34. The molecule has 0 fully saturated rings. The molecule has 0 radical (unpaired) electrons. The fraction of sp³-hybridized carbons (Fsp3) is 0.294. The van der Waals surface area contributed by atoms with Gasteiger partial charge in [-0.05, 0) is 66.3 Å². The van der Waals surface area contributed by atoms with Crippen molar-refractivity contribution in [3.8, 4) is 5.75 Å². The van der Waals surface area contributed by atoms with E-state index in [1.54, 1.807) is 13.2 Å². The molecule has 0 saturated heterocycles. The van der Waals surface area contributed by atoms with Crippen LogP contribution in [-0.2, 0) is 12.0 Å². The molecule has 0 heterocycles. The molecule has 1 N–H and O–H groups in total. The number of fused-ring (bicyclic) bond motifs is 1. The van der Waals surface area contributed by atoms with Gasteiger partial charge < -0.3 is 9.84 Å². The SMILES string of the molecule is COc1ccc2c(c1)C(O)(c1ccc(F)cc1C)CC2. The lowest BCUT2D eigenvalue weighted by atomic mass is 9.85. The molecule has 2 aromatic rings. The quantitative estimate of drug-likeness (QED) is 0.908. The lowest BCUT2D eigenvalue weighted by Gasteiger charge is -2.27. The van der Waals surface area contributed by atoms with Gasteiger partial charge in [0.25, 0.3) is 0 Å². The number of benzene rings is 2. The average molecular weight is 272 g/mol. The van der Waals surface area contributed by atoms with E-state index in [2.05, 4.69) is 0 Å². The molecule has 3 rings (SSSR count). The minimum atomic E-state index is -1.05. The highest BCUT2D eigenvalue weighted by Gasteiger charge is 2.39. The molecular formula is C17H17FO2. The van der Waals surface area contributed by atoms with Gasteiger partial charge in [0.05, 0.1) is 7.11 Å². The van der Waals surface area contributed by atoms with Crippen LogP contribution < -0.4 is 4.74 Å². The van der Waals surface area contributed by atoms with Gasteiger partial charge >= 0.3 is 0 Å². The number of aryl methyl sites for hydroxylation is 2. The third kappa shape index (κ3) is 1.90. The minimum Gasteiger partial charge on any atom is -0.497 e. The predicted molar refractivity (Wildman–Crippen MR) is 75.5 cm³/mol. The van der Waals surface area contributed by atoms with Crippen molar-refractivity contribution in [3.05, 3.63) is 64.5 Å². The monoisotopic (exact) mass is 272 g/mol. The van der Waals surface area contributed by atoms with Crippen molar-refractivity contribution >= 4 is 0 Å². The summed E-state index contributed by atoms with van der Waals surface area (Å²) in [5.41, 5.74) is 2.47. The molecule has 1 aliphatic carbocycles. The van der Waals surface area contributed by atoms with Crippen molar-refractivity contribution in [2.75, 3.05) is 7.11 Å². The highest BCUT2D eigenvalue weighted by Crippen LogP contribution is 2.44. The number of methoxy groups -OCH3 is 1. The number of ether oxygens (including phenoxy) is 1. The Balaban J connectivity index is 2.16. The second-order valence-corrected chi connectivity index (χ2v) is 5.34. The Labute approximate surface area is 117 Å². The highest BCUT2D eigenvalue weighted by molar-refractivity contribution is 5.50. The highest BCUT2D eigenvalue weighted by atomic mass is 19.1. The van der Waals surface area contributed by atoms with Gasteiger partial charge in [0, 0.05) is 0 Å². The van der Waals surface area contributed by atoms with Crippen LogP contribution in [0.1, 0.15) is 28.7 Å². The van der Waals surface area contributed by atoms with Gasteiger partial charge in [-0.15, -0.1) is 0 Å². The Morgan fingerprint density at radius 2 is 1.95 bits per heavy atom. The molecule has 2 aromatic carbocycles. The van der Waals surface area contributed by atoms with E-state index in [1.807, 2.05) is 25.1 Å². The largest absolute Gasteiger partial charge is 0.497 e. The lowest BCUT2D eigenvalue weighted by molar-refractivity contribution is 0.0820. The van der Waals surface area contributed by atoms with E-state index in [9.17, 15) is 9.50 Å². The van der Waals surface area contributed by atoms with Gasteiger partial charge in [-0.25, -0.2) is 4.39 Å². The number of rotatable bonds is 2. The first-order valence-electron chi connectivity index (χ1n) is 6.71. The van der Waals surface area contributed by atoms with Gasteiger partial charge in [0.2, 0.25) is 0 Å². The van der Waals surface area contributed by atoms with E-state index >= 15 is 0 Å². The smallest absolute Gasteiger partial charge is 0.123 e. The first kappa shape index (κ1) is 13.1. The van der Waals surface area contributed by atoms with E-state index in [1.165, 1.54) is 12.1 Å². The molecule has 0 amide bonds. The van der Waals surface area contributed by atoms with Crippen LogP contribution in [0.2, 0.25) is 0 Å². The van der Waals surface area contributed by atoms with Crippen LogP contribution in [0.4, 0.5) is 4.39 Å². The van der Waals surface area contributed by atoms with Crippen LogP contribution in [-0.4, -0.2) is 12.2 Å². The van der Waals surface area contributed by atoms with Gasteiger partial charge in [-0.3, -0.25) is 0 Å². The number of halogens is 1. The zero-order valence-electron chi connectivity index (χ0n) is 11.6. The molecule has 0 aromatic heterocycles. The summed E-state index contributed by atoms with van der Waals surface area (Å²) in [6.45, 7) is 1.83. The summed E-state index contributed by atoms with van der Waals surface area (Å²) in [5.74, 6) is 0.447. The summed E-state index contributed by atoms with van der Waals surface area (Å²) in [6, 6.07) is 10.3. The Bertz CT molecular complexity index is 666. The zero-order valence-corrected chi connectivity index (χ0v) is 11.6. The second kappa shape index (κ2) is 4.60. The number of hydrogen-bond acceptors (Lipinski definition) is 2. The molecule has 104 valence electrons. The third-order valence-corrected chi connectivity index (χ3v) is 4.15. The summed E-state index contributed by atoms with van der Waals surface area (Å²) in [4.78, 5) is 0. The molecule has 20 heavy (non-hydrogen) atoms. The van der Waals surface area contributed by atoms with Crippen molar-refractivity contribution in [3.63, 3.8) is 0 Å². The maximum atomic E-state index is 13.3. The molecule has 0 spiro atoms. The predicted octanol–water partition coefficient (Wildman–Crippen LogP) is 3.32. The van der Waals surface area contributed by atoms with Crippen LogP contribution >= 0.6 is 0 Å². The molecule has 3 heteroatoms. The van der Waals surface area contributed by atoms with Gasteiger partial charge in [-0.2, -0.15) is 0 Å². The maximum Gasteiger partial charge on any atom is 0.123 e. The Morgan fingerprint density at radius 3 is 2.65 bits per heavy atom. The summed E-state index contributed by atoms with van der Waals surface area (Å²) < 4.78 is 18.5. The zero-order chi connectivity index (χ0) is 14.3. The van der Waals surface area contributed by atoms with Crippen LogP contribution in [0.5, 0.6) is 5.75 Å². The lowest BCUT2D eigenvalue weighted by Crippen LogP contribution is -2.25. The van der Waals surface area contributed by atoms with E-state index in [-0.39, 0.29) is 5.82 Å². The number of hydrogen-bond donors (Lipinski definition) is 1. The van der Waals surface area contributed by atoms with Crippen molar-refractivity contribution in [1.82, 2.24) is 0 Å². The summed E-state index contributed by atoms with van der Waals surface area (Å²) in [5, 5.41) is 11.1. The summed E-state index contributed by atoms with van der Waals surface area (Å²) in [7, 11) is 1.61. The van der Waals surface area contributed by atoms with Gasteiger partial charge in [0.15, 0.2) is 0 Å². The van der Waals surface area contributed by atoms with E-state index in [4.69, 9.17) is 4.74 Å². The first-order valence-corrected chi connectivity index (χ1v) is 6.71. The van der Waals surface area contributed by atoms with E-state index in [0.29, 0.717) is 6.42 Å². The van der Waals surface area contributed by atoms with E-state index < -0.39 is 5.60 Å². The van der Waals surface area contributed by atoms with Gasteiger partial charge in [-0.1, -0.05) is 12.1 Å². The van der Waals surface area contributed by atoms with Crippen LogP contribution in [0.25, 0.3) is 0 Å². The van der Waals surface area contributed by atoms with Crippen LogP contribution in [0, 0.1) is 12.7 Å². The van der Waals surface area contributed by atoms with Crippen molar-refractivity contribution in [2.24, 2.45) is 0 Å². The molecule has 1 aliphatic rings. The maximum absolute atomic E-state index is 13.3. The normalized spacial score (nSPS) is 20.8. The average Bonchev–Trinajstić information content (AvgIpc) is 2.76. The van der Waals surface area contributed by atoms with Gasteiger partial charge in [0.1, 0.15) is 17.2 Å². The Morgan fingerprint density at radius 1 is 1.15 bits per heavy atom. The van der Waals surface area contributed by atoms with E-state index in [0.717, 1.165) is 34.4 Å². The molecule has 0 saturated carbocycles. The fourth-order valence-electron chi connectivity index (χ4n) is 3.11. The Hall–Kier alpha value is -1.87. The third-order valence-electron chi connectivity index (χ3n) is 4.15. The van der Waals surface area contributed by atoms with Crippen LogP contribution in [0.3, 0.4) is 0 Å². The minimum absolute atomic E-state index is 0.279.